The van der Waals surface area contributed by atoms with Crippen molar-refractivity contribution in [1.29, 1.82) is 0 Å². The van der Waals surface area contributed by atoms with Gasteiger partial charge in [-0.15, -0.1) is 5.10 Å². The highest BCUT2D eigenvalue weighted by molar-refractivity contribution is 6.30. The maximum Gasteiger partial charge on any atom is 0.326 e. The smallest absolute Gasteiger partial charge is 0.326 e. The highest BCUT2D eigenvalue weighted by Gasteiger charge is 2.43. The van der Waals surface area contributed by atoms with Crippen LogP contribution in [0.1, 0.15) is 24.8 Å². The van der Waals surface area contributed by atoms with E-state index in [0.717, 1.165) is 16.8 Å². The topological polar surface area (TPSA) is 101 Å². The van der Waals surface area contributed by atoms with Gasteiger partial charge in [-0.1, -0.05) is 11.6 Å². The molecule has 1 fully saturated rings. The van der Waals surface area contributed by atoms with Gasteiger partial charge in [0.2, 0.25) is 5.91 Å². The monoisotopic (exact) mass is 359 g/mol. The molecule has 3 heterocycles. The zero-order valence-corrected chi connectivity index (χ0v) is 13.8. The number of carbonyl (C=O) groups excluding carboxylic acids is 1. The summed E-state index contributed by atoms with van der Waals surface area (Å²) >= 11 is 6.15. The third kappa shape index (κ3) is 2.68. The number of tetrazole rings is 1. The minimum Gasteiger partial charge on any atom is -0.480 e. The largest absolute Gasteiger partial charge is 0.480 e. The second-order valence-electron chi connectivity index (χ2n) is 6.12. The quantitative estimate of drug-likeness (QED) is 0.892. The first kappa shape index (κ1) is 15.8. The lowest BCUT2D eigenvalue weighted by Gasteiger charge is -2.32. The molecule has 2 atom stereocenters. The summed E-state index contributed by atoms with van der Waals surface area (Å²) in [7, 11) is 0. The van der Waals surface area contributed by atoms with Crippen LogP contribution in [0, 0.1) is 0 Å². The molecule has 2 aromatic rings. The molecular formula is C16H14ClN5O3. The Hall–Kier alpha value is -2.74. The molecule has 0 spiro atoms. The summed E-state index contributed by atoms with van der Waals surface area (Å²) in [5.74, 6) is -1.23. The van der Waals surface area contributed by atoms with Crippen LogP contribution in [0.25, 0.3) is 11.3 Å². The van der Waals surface area contributed by atoms with Gasteiger partial charge in [0, 0.05) is 22.7 Å². The van der Waals surface area contributed by atoms with Gasteiger partial charge in [0.15, 0.2) is 0 Å². The Morgan fingerprint density at radius 3 is 2.88 bits per heavy atom. The lowest BCUT2D eigenvalue weighted by Crippen LogP contribution is -2.46. The maximum absolute atomic E-state index is 12.6. The maximum atomic E-state index is 12.6. The van der Waals surface area contributed by atoms with Gasteiger partial charge in [-0.05, 0) is 53.5 Å². The van der Waals surface area contributed by atoms with E-state index in [1.807, 2.05) is 0 Å². The number of carboxylic acids is 1. The normalized spacial score (nSPS) is 22.7. The lowest BCUT2D eigenvalue weighted by molar-refractivity contribution is -0.147. The fourth-order valence-corrected chi connectivity index (χ4v) is 3.79. The molecule has 1 saturated heterocycles. The van der Waals surface area contributed by atoms with Crippen molar-refractivity contribution in [3.63, 3.8) is 0 Å². The SMILES string of the molecule is O=C(O)C1CC[C@@H]2CC(c3cc(Cl)ccc3-n3cnnn3)=CC(=O)N12. The van der Waals surface area contributed by atoms with E-state index in [9.17, 15) is 14.7 Å². The molecule has 0 aliphatic carbocycles. The molecule has 1 aromatic heterocycles. The van der Waals surface area contributed by atoms with E-state index in [-0.39, 0.29) is 11.9 Å². The number of benzene rings is 1. The Kier molecular flexibility index (Phi) is 3.76. The van der Waals surface area contributed by atoms with E-state index >= 15 is 0 Å². The second kappa shape index (κ2) is 5.96. The van der Waals surface area contributed by atoms with Crippen LogP contribution in [0.4, 0.5) is 0 Å². The number of hydrogen-bond acceptors (Lipinski definition) is 5. The van der Waals surface area contributed by atoms with Crippen LogP contribution in [-0.2, 0) is 9.59 Å². The highest BCUT2D eigenvalue weighted by atomic mass is 35.5. The van der Waals surface area contributed by atoms with Gasteiger partial charge in [-0.25, -0.2) is 4.79 Å². The van der Waals surface area contributed by atoms with Gasteiger partial charge in [-0.3, -0.25) is 4.79 Å². The molecule has 8 nitrogen and oxygen atoms in total. The average Bonchev–Trinajstić information content (AvgIpc) is 3.24. The molecule has 0 radical (unpaired) electrons. The summed E-state index contributed by atoms with van der Waals surface area (Å²) in [6, 6.07) is 4.44. The number of amides is 1. The van der Waals surface area contributed by atoms with E-state index in [0.29, 0.717) is 24.3 Å². The van der Waals surface area contributed by atoms with Crippen molar-refractivity contribution in [2.24, 2.45) is 0 Å². The third-order valence-corrected chi connectivity index (χ3v) is 4.93. The predicted octanol–water partition coefficient (Wildman–Crippen LogP) is 1.55. The van der Waals surface area contributed by atoms with E-state index in [4.69, 9.17) is 11.6 Å². The number of halogens is 1. The first-order chi connectivity index (χ1) is 12.0. The van der Waals surface area contributed by atoms with E-state index in [1.54, 1.807) is 18.2 Å². The predicted molar refractivity (Wildman–Crippen MR) is 88.0 cm³/mol. The van der Waals surface area contributed by atoms with Gasteiger partial charge in [-0.2, -0.15) is 4.68 Å². The standard InChI is InChI=1S/C16H14ClN5O3/c17-10-1-3-13(21-8-18-19-20-21)12(7-10)9-5-11-2-4-14(16(24)25)22(11)15(23)6-9/h1,3,6-8,11,14H,2,4-5H2,(H,24,25)/t11-,14?/m1/s1. The summed E-state index contributed by atoms with van der Waals surface area (Å²) in [6.45, 7) is 0. The van der Waals surface area contributed by atoms with Gasteiger partial charge in [0.1, 0.15) is 12.4 Å². The Morgan fingerprint density at radius 2 is 2.16 bits per heavy atom. The minimum absolute atomic E-state index is 0.116. The zero-order chi connectivity index (χ0) is 17.6. The van der Waals surface area contributed by atoms with Crippen LogP contribution in [0.2, 0.25) is 5.02 Å². The number of nitrogens with zero attached hydrogens (tertiary/aromatic N) is 5. The first-order valence-electron chi connectivity index (χ1n) is 7.83. The molecule has 0 saturated carbocycles. The number of rotatable bonds is 3. The molecule has 25 heavy (non-hydrogen) atoms. The van der Waals surface area contributed by atoms with Gasteiger partial charge < -0.3 is 10.0 Å². The van der Waals surface area contributed by atoms with Crippen molar-refractivity contribution in [2.75, 3.05) is 0 Å². The van der Waals surface area contributed by atoms with Crippen LogP contribution in [0.15, 0.2) is 30.6 Å². The van der Waals surface area contributed by atoms with Gasteiger partial charge in [0.05, 0.1) is 5.69 Å². The molecule has 1 unspecified atom stereocenters. The number of hydrogen-bond donors (Lipinski definition) is 1. The molecule has 1 amide bonds. The fraction of sp³-hybridized carbons (Fsp3) is 0.312. The number of carboxylic acid groups (broad SMARTS) is 1. The number of aromatic nitrogens is 4. The van der Waals surface area contributed by atoms with Crippen molar-refractivity contribution in [2.45, 2.75) is 31.3 Å². The number of aliphatic carboxylic acids is 1. The summed E-state index contributed by atoms with van der Waals surface area (Å²) in [4.78, 5) is 25.4. The minimum atomic E-state index is -0.954. The average molecular weight is 360 g/mol. The van der Waals surface area contributed by atoms with Crippen molar-refractivity contribution in [3.05, 3.63) is 41.2 Å². The Morgan fingerprint density at radius 1 is 1.32 bits per heavy atom. The molecule has 1 aromatic carbocycles. The molecule has 4 rings (SSSR count). The van der Waals surface area contributed by atoms with E-state index in [1.165, 1.54) is 22.0 Å². The summed E-state index contributed by atoms with van der Waals surface area (Å²) < 4.78 is 1.51. The first-order valence-corrected chi connectivity index (χ1v) is 8.21. The fourth-order valence-electron chi connectivity index (χ4n) is 3.62. The molecule has 2 aliphatic heterocycles. The van der Waals surface area contributed by atoms with Crippen LogP contribution in [0.3, 0.4) is 0 Å². The Balaban J connectivity index is 1.76. The van der Waals surface area contributed by atoms with E-state index < -0.39 is 12.0 Å². The molecule has 9 heteroatoms. The summed E-state index contributed by atoms with van der Waals surface area (Å²) in [5, 5.41) is 21.0. The van der Waals surface area contributed by atoms with Gasteiger partial charge >= 0.3 is 5.97 Å². The third-order valence-electron chi connectivity index (χ3n) is 4.70. The van der Waals surface area contributed by atoms with Crippen molar-refractivity contribution >= 4 is 29.1 Å². The van der Waals surface area contributed by atoms with Gasteiger partial charge in [0.25, 0.3) is 0 Å². The molecule has 1 N–H and O–H groups in total. The Labute approximate surface area is 147 Å². The summed E-state index contributed by atoms with van der Waals surface area (Å²) in [5.41, 5.74) is 2.30. The summed E-state index contributed by atoms with van der Waals surface area (Å²) in [6.07, 6.45) is 4.69. The highest BCUT2D eigenvalue weighted by Crippen LogP contribution is 2.38. The molecule has 0 bridgehead atoms. The molecular weight excluding hydrogens is 346 g/mol. The van der Waals surface area contributed by atoms with Crippen LogP contribution >= 0.6 is 11.6 Å². The Bertz CT molecular complexity index is 880. The van der Waals surface area contributed by atoms with Crippen molar-refractivity contribution in [1.82, 2.24) is 25.1 Å². The molecule has 2 aliphatic rings. The second-order valence-corrected chi connectivity index (χ2v) is 6.56. The van der Waals surface area contributed by atoms with Crippen molar-refractivity contribution in [3.8, 4) is 5.69 Å². The van der Waals surface area contributed by atoms with E-state index in [2.05, 4.69) is 15.5 Å². The van der Waals surface area contributed by atoms with Crippen LogP contribution < -0.4 is 0 Å². The van der Waals surface area contributed by atoms with Crippen LogP contribution in [-0.4, -0.2) is 54.2 Å². The number of fused-ring (bicyclic) bond motifs is 1. The lowest BCUT2D eigenvalue weighted by atomic mass is 9.93. The zero-order valence-electron chi connectivity index (χ0n) is 13.0. The molecule has 128 valence electrons. The van der Waals surface area contributed by atoms with Crippen molar-refractivity contribution < 1.29 is 14.7 Å². The van der Waals surface area contributed by atoms with Crippen LogP contribution in [0.5, 0.6) is 0 Å². The number of carbonyl (C=O) groups is 2.